The lowest BCUT2D eigenvalue weighted by atomic mass is 10.1. The van der Waals surface area contributed by atoms with Crippen molar-refractivity contribution in [1.82, 2.24) is 5.32 Å². The van der Waals surface area contributed by atoms with Gasteiger partial charge in [0.25, 0.3) is 5.91 Å². The van der Waals surface area contributed by atoms with Crippen LogP contribution < -0.4 is 19.7 Å². The molecule has 2 aromatic carbocycles. The Kier molecular flexibility index (Phi) is 6.42. The van der Waals surface area contributed by atoms with Gasteiger partial charge in [0.05, 0.1) is 20.3 Å². The fraction of sp³-hybridized carbons (Fsp3) is 0.391. The summed E-state index contributed by atoms with van der Waals surface area (Å²) in [4.78, 5) is 26.5. The molecule has 3 rings (SSSR count). The summed E-state index contributed by atoms with van der Waals surface area (Å²) in [5.41, 5.74) is 3.51. The number of carbonyl (C=O) groups excluding carboxylic acids is 2. The number of hydrogen-bond donors (Lipinski definition) is 1. The highest BCUT2D eigenvalue weighted by molar-refractivity contribution is 6.06. The van der Waals surface area contributed by atoms with Crippen molar-refractivity contribution in [2.24, 2.45) is 0 Å². The third-order valence-corrected chi connectivity index (χ3v) is 4.99. The van der Waals surface area contributed by atoms with Gasteiger partial charge < -0.3 is 19.7 Å². The summed E-state index contributed by atoms with van der Waals surface area (Å²) in [6.07, 6.45) is 2.01. The van der Waals surface area contributed by atoms with Crippen molar-refractivity contribution in [3.8, 4) is 11.5 Å². The van der Waals surface area contributed by atoms with Gasteiger partial charge in [-0.3, -0.25) is 9.59 Å². The summed E-state index contributed by atoms with van der Waals surface area (Å²) in [6, 6.07) is 10.9. The molecule has 29 heavy (non-hydrogen) atoms. The maximum absolute atomic E-state index is 13.1. The standard InChI is InChI=1S/C23H28N2O4/c1-5-6-12-29-20-9-7-8-17(22(20)28-4)14-25-19-11-10-15(2)13-18(19)21(23(25)27)24-16(3)26/h7-11,13,21H,5-6,12,14H2,1-4H3,(H,24,26). The first kappa shape index (κ1) is 20.7. The molecule has 0 aromatic heterocycles. The molecule has 154 valence electrons. The van der Waals surface area contributed by atoms with Crippen molar-refractivity contribution in [1.29, 1.82) is 0 Å². The van der Waals surface area contributed by atoms with Crippen LogP contribution in [-0.2, 0) is 16.1 Å². The van der Waals surface area contributed by atoms with Gasteiger partial charge >= 0.3 is 0 Å². The second-order valence-electron chi connectivity index (χ2n) is 7.27. The van der Waals surface area contributed by atoms with Crippen LogP contribution in [0.1, 0.15) is 49.4 Å². The number of nitrogens with one attached hydrogen (secondary N) is 1. The molecule has 1 aliphatic rings. The van der Waals surface area contributed by atoms with Crippen molar-refractivity contribution in [2.45, 2.75) is 46.2 Å². The SMILES string of the molecule is CCCCOc1cccc(CN2C(=O)C(NC(C)=O)c3cc(C)ccc32)c1OC. The topological polar surface area (TPSA) is 67.9 Å². The molecular formula is C23H28N2O4. The molecule has 2 aromatic rings. The van der Waals surface area contributed by atoms with Gasteiger partial charge in [0.2, 0.25) is 5.91 Å². The molecule has 0 fully saturated rings. The largest absolute Gasteiger partial charge is 0.493 e. The zero-order chi connectivity index (χ0) is 21.0. The van der Waals surface area contributed by atoms with Crippen LogP contribution in [0.3, 0.4) is 0 Å². The lowest BCUT2D eigenvalue weighted by Crippen LogP contribution is -2.36. The number of anilines is 1. The van der Waals surface area contributed by atoms with Crippen molar-refractivity contribution < 1.29 is 19.1 Å². The number of unbranched alkanes of at least 4 members (excludes halogenated alkanes) is 1. The number of rotatable bonds is 8. The maximum atomic E-state index is 13.1. The van der Waals surface area contributed by atoms with E-state index in [4.69, 9.17) is 9.47 Å². The Labute approximate surface area is 171 Å². The van der Waals surface area contributed by atoms with E-state index in [9.17, 15) is 9.59 Å². The molecule has 1 atom stereocenters. The van der Waals surface area contributed by atoms with Crippen LogP contribution >= 0.6 is 0 Å². The molecule has 1 unspecified atom stereocenters. The van der Waals surface area contributed by atoms with Gasteiger partial charge in [-0.15, -0.1) is 0 Å². The van der Waals surface area contributed by atoms with Gasteiger partial charge in [-0.1, -0.05) is 43.2 Å². The van der Waals surface area contributed by atoms with Gasteiger partial charge in [0.15, 0.2) is 11.5 Å². The fourth-order valence-electron chi connectivity index (χ4n) is 3.59. The first-order valence-corrected chi connectivity index (χ1v) is 9.94. The zero-order valence-electron chi connectivity index (χ0n) is 17.5. The molecule has 1 heterocycles. The Hall–Kier alpha value is -3.02. The summed E-state index contributed by atoms with van der Waals surface area (Å²) < 4.78 is 11.5. The molecule has 2 amide bonds. The number of ether oxygens (including phenoxy) is 2. The van der Waals surface area contributed by atoms with Crippen LogP contribution in [0.2, 0.25) is 0 Å². The highest BCUT2D eigenvalue weighted by atomic mass is 16.5. The second kappa shape index (κ2) is 8.99. The van der Waals surface area contributed by atoms with Crippen LogP contribution in [0.25, 0.3) is 0 Å². The molecule has 0 bridgehead atoms. The second-order valence-corrected chi connectivity index (χ2v) is 7.27. The predicted octanol–water partition coefficient (Wildman–Crippen LogP) is 3.91. The first-order chi connectivity index (χ1) is 14.0. The monoisotopic (exact) mass is 396 g/mol. The summed E-state index contributed by atoms with van der Waals surface area (Å²) in [5.74, 6) is 0.919. The van der Waals surface area contributed by atoms with Crippen molar-refractivity contribution >= 4 is 17.5 Å². The number of aryl methyl sites for hydroxylation is 1. The van der Waals surface area contributed by atoms with Crippen molar-refractivity contribution in [3.63, 3.8) is 0 Å². The van der Waals surface area contributed by atoms with E-state index in [2.05, 4.69) is 12.2 Å². The molecule has 0 saturated carbocycles. The van der Waals surface area contributed by atoms with E-state index in [0.717, 1.165) is 35.2 Å². The van der Waals surface area contributed by atoms with Crippen LogP contribution in [0.4, 0.5) is 5.69 Å². The van der Waals surface area contributed by atoms with Crippen molar-refractivity contribution in [3.05, 3.63) is 53.1 Å². The van der Waals surface area contributed by atoms with Gasteiger partial charge in [-0.05, 0) is 25.5 Å². The lowest BCUT2D eigenvalue weighted by molar-refractivity contribution is -0.126. The van der Waals surface area contributed by atoms with E-state index < -0.39 is 6.04 Å². The smallest absolute Gasteiger partial charge is 0.254 e. The predicted molar refractivity (Wildman–Crippen MR) is 112 cm³/mol. The Morgan fingerprint density at radius 3 is 2.72 bits per heavy atom. The Bertz CT molecular complexity index is 910. The van der Waals surface area contributed by atoms with Crippen molar-refractivity contribution in [2.75, 3.05) is 18.6 Å². The highest BCUT2D eigenvalue weighted by Crippen LogP contribution is 2.40. The maximum Gasteiger partial charge on any atom is 0.254 e. The molecule has 1 aliphatic heterocycles. The van der Waals surface area contributed by atoms with Crippen LogP contribution in [0.15, 0.2) is 36.4 Å². The average Bonchev–Trinajstić information content (AvgIpc) is 2.93. The number of para-hydroxylation sites is 1. The molecule has 1 N–H and O–H groups in total. The lowest BCUT2D eigenvalue weighted by Gasteiger charge is -2.21. The third-order valence-electron chi connectivity index (χ3n) is 4.99. The Balaban J connectivity index is 1.93. The summed E-state index contributed by atoms with van der Waals surface area (Å²) in [6.45, 7) is 6.45. The van der Waals surface area contributed by atoms with Gasteiger partial charge in [0.1, 0.15) is 6.04 Å². The number of nitrogens with zero attached hydrogens (tertiary/aromatic N) is 1. The molecule has 6 heteroatoms. The number of amides is 2. The minimum atomic E-state index is -0.669. The Morgan fingerprint density at radius 2 is 2.03 bits per heavy atom. The van der Waals surface area contributed by atoms with E-state index in [0.29, 0.717) is 24.7 Å². The van der Waals surface area contributed by atoms with E-state index in [1.807, 2.05) is 43.3 Å². The van der Waals surface area contributed by atoms with E-state index in [1.54, 1.807) is 12.0 Å². The zero-order valence-corrected chi connectivity index (χ0v) is 17.5. The van der Waals surface area contributed by atoms with Crippen LogP contribution in [0, 0.1) is 6.92 Å². The average molecular weight is 396 g/mol. The third kappa shape index (κ3) is 4.36. The minimum absolute atomic E-state index is 0.153. The van der Waals surface area contributed by atoms with Gasteiger partial charge in [-0.2, -0.15) is 0 Å². The highest BCUT2D eigenvalue weighted by Gasteiger charge is 2.38. The van der Waals surface area contributed by atoms with Gasteiger partial charge in [0, 0.05) is 23.7 Å². The van der Waals surface area contributed by atoms with E-state index in [1.165, 1.54) is 6.92 Å². The Morgan fingerprint density at radius 1 is 1.24 bits per heavy atom. The first-order valence-electron chi connectivity index (χ1n) is 9.94. The molecule has 0 radical (unpaired) electrons. The van der Waals surface area contributed by atoms with Gasteiger partial charge in [-0.25, -0.2) is 0 Å². The number of benzene rings is 2. The number of hydrogen-bond acceptors (Lipinski definition) is 4. The summed E-state index contributed by atoms with van der Waals surface area (Å²) in [7, 11) is 1.61. The van der Waals surface area contributed by atoms with Crippen LogP contribution in [0.5, 0.6) is 11.5 Å². The molecule has 0 aliphatic carbocycles. The normalized spacial score (nSPS) is 15.2. The molecule has 0 saturated heterocycles. The number of methoxy groups -OCH3 is 1. The van der Waals surface area contributed by atoms with E-state index in [-0.39, 0.29) is 11.8 Å². The van der Waals surface area contributed by atoms with E-state index >= 15 is 0 Å². The molecule has 0 spiro atoms. The minimum Gasteiger partial charge on any atom is -0.493 e. The van der Waals surface area contributed by atoms with Crippen LogP contribution in [-0.4, -0.2) is 25.5 Å². The number of fused-ring (bicyclic) bond motifs is 1. The fourth-order valence-corrected chi connectivity index (χ4v) is 3.59. The quantitative estimate of drug-likeness (QED) is 0.687. The molecule has 6 nitrogen and oxygen atoms in total. The molecular weight excluding hydrogens is 368 g/mol. The summed E-state index contributed by atoms with van der Waals surface area (Å²) in [5, 5.41) is 2.78. The summed E-state index contributed by atoms with van der Waals surface area (Å²) >= 11 is 0. The number of carbonyl (C=O) groups is 2.